The highest BCUT2D eigenvalue weighted by Crippen LogP contribution is 2.26. The maximum absolute atomic E-state index is 12.6. The average Bonchev–Trinajstić information content (AvgIpc) is 3.15. The summed E-state index contributed by atoms with van der Waals surface area (Å²) in [5.74, 6) is -0.623. The van der Waals surface area contributed by atoms with Gasteiger partial charge in [-0.15, -0.1) is 0 Å². The van der Waals surface area contributed by atoms with Gasteiger partial charge in [0.2, 0.25) is 17.8 Å². The highest BCUT2D eigenvalue weighted by atomic mass is 16.5. The fraction of sp³-hybridized carbons (Fsp3) is 0.261. The highest BCUT2D eigenvalue weighted by molar-refractivity contribution is 5.99. The number of para-hydroxylation sites is 1. The predicted octanol–water partition coefficient (Wildman–Crippen LogP) is 2.91. The second-order valence-corrected chi connectivity index (χ2v) is 7.72. The van der Waals surface area contributed by atoms with E-state index in [2.05, 4.69) is 20.3 Å². The van der Waals surface area contributed by atoms with Crippen molar-refractivity contribution in [2.45, 2.75) is 26.9 Å². The highest BCUT2D eigenvalue weighted by Gasteiger charge is 2.36. The first kappa shape index (κ1) is 21.2. The van der Waals surface area contributed by atoms with Crippen molar-refractivity contribution in [1.82, 2.24) is 15.0 Å². The van der Waals surface area contributed by atoms with Crippen LogP contribution in [0, 0.1) is 19.8 Å². The van der Waals surface area contributed by atoms with Crippen molar-refractivity contribution in [3.05, 3.63) is 65.5 Å². The number of hydrogen-bond donors (Lipinski definition) is 2. The van der Waals surface area contributed by atoms with Crippen molar-refractivity contribution >= 4 is 35.1 Å². The first-order valence-corrected chi connectivity index (χ1v) is 10.3. The molecule has 1 aliphatic heterocycles. The number of carbonyl (C=O) groups is 2. The Morgan fingerprint density at radius 1 is 1.12 bits per heavy atom. The lowest BCUT2D eigenvalue weighted by Gasteiger charge is -2.16. The molecule has 0 bridgehead atoms. The Morgan fingerprint density at radius 3 is 2.62 bits per heavy atom. The zero-order chi connectivity index (χ0) is 22.7. The maximum atomic E-state index is 12.6. The molecule has 1 aliphatic rings. The van der Waals surface area contributed by atoms with Gasteiger partial charge in [0.1, 0.15) is 0 Å². The molecule has 0 saturated carbocycles. The van der Waals surface area contributed by atoms with Crippen molar-refractivity contribution in [2.24, 2.45) is 5.92 Å². The molecule has 9 nitrogen and oxygen atoms in total. The Morgan fingerprint density at radius 2 is 1.88 bits per heavy atom. The van der Waals surface area contributed by atoms with Gasteiger partial charge in [-0.3, -0.25) is 9.59 Å². The lowest BCUT2D eigenvalue weighted by Crippen LogP contribution is -2.26. The molecule has 9 heteroatoms. The van der Waals surface area contributed by atoms with Crippen LogP contribution in [0.2, 0.25) is 0 Å². The molecule has 0 radical (unpaired) electrons. The Hall–Kier alpha value is -4.01. The van der Waals surface area contributed by atoms with Crippen molar-refractivity contribution in [3.63, 3.8) is 0 Å². The summed E-state index contributed by atoms with van der Waals surface area (Å²) in [5.41, 5.74) is 9.52. The van der Waals surface area contributed by atoms with Gasteiger partial charge in [-0.2, -0.15) is 15.0 Å². The van der Waals surface area contributed by atoms with E-state index in [-0.39, 0.29) is 43.2 Å². The number of nitrogens with two attached hydrogens (primary N) is 1. The zero-order valence-corrected chi connectivity index (χ0v) is 17.9. The number of benzene rings is 2. The molecule has 3 aromatic rings. The average molecular weight is 432 g/mol. The summed E-state index contributed by atoms with van der Waals surface area (Å²) in [6.45, 7) is 4.05. The minimum absolute atomic E-state index is 0.0173. The molecule has 0 aliphatic carbocycles. The number of rotatable bonds is 6. The van der Waals surface area contributed by atoms with Crippen LogP contribution in [0.15, 0.2) is 48.5 Å². The molecule has 2 heterocycles. The smallest absolute Gasteiger partial charge is 0.311 e. The molecule has 4 rings (SSSR count). The molecule has 0 unspecified atom stereocenters. The number of hydrogen-bond acceptors (Lipinski definition) is 8. The molecule has 164 valence electrons. The van der Waals surface area contributed by atoms with E-state index < -0.39 is 11.9 Å². The summed E-state index contributed by atoms with van der Waals surface area (Å²) in [7, 11) is 0. The number of nitrogens with zero attached hydrogens (tertiary/aromatic N) is 4. The van der Waals surface area contributed by atoms with Gasteiger partial charge in [0, 0.05) is 24.3 Å². The number of ether oxygens (including phenoxy) is 1. The van der Waals surface area contributed by atoms with E-state index in [0.717, 1.165) is 22.5 Å². The minimum Gasteiger partial charge on any atom is -0.457 e. The van der Waals surface area contributed by atoms with Gasteiger partial charge in [0.15, 0.2) is 12.4 Å². The third-order valence-corrected chi connectivity index (χ3v) is 5.24. The molecule has 1 aromatic heterocycles. The second kappa shape index (κ2) is 9.01. The second-order valence-electron chi connectivity index (χ2n) is 7.72. The quantitative estimate of drug-likeness (QED) is 0.570. The van der Waals surface area contributed by atoms with Crippen LogP contribution >= 0.6 is 0 Å². The lowest BCUT2D eigenvalue weighted by atomic mass is 10.1. The molecule has 1 fully saturated rings. The fourth-order valence-corrected chi connectivity index (χ4v) is 3.49. The minimum atomic E-state index is -0.549. The van der Waals surface area contributed by atoms with Crippen molar-refractivity contribution < 1.29 is 14.3 Å². The van der Waals surface area contributed by atoms with Gasteiger partial charge in [-0.1, -0.05) is 35.9 Å². The third kappa shape index (κ3) is 4.83. The Labute approximate surface area is 185 Å². The number of aromatic nitrogens is 3. The molecular weight excluding hydrogens is 408 g/mol. The van der Waals surface area contributed by atoms with Crippen LogP contribution in [0.1, 0.15) is 23.4 Å². The van der Waals surface area contributed by atoms with Gasteiger partial charge in [0.25, 0.3) is 0 Å². The van der Waals surface area contributed by atoms with Crippen LogP contribution in [0.25, 0.3) is 0 Å². The monoisotopic (exact) mass is 432 g/mol. The van der Waals surface area contributed by atoms with Gasteiger partial charge in [0.05, 0.1) is 5.92 Å². The third-order valence-electron chi connectivity index (χ3n) is 5.24. The van der Waals surface area contributed by atoms with Crippen LogP contribution in [-0.4, -0.2) is 33.4 Å². The van der Waals surface area contributed by atoms with Gasteiger partial charge in [-0.25, -0.2) is 0 Å². The number of esters is 1. The Balaban J connectivity index is 1.39. The number of anilines is 4. The summed E-state index contributed by atoms with van der Waals surface area (Å²) in [6.07, 6.45) is 0.103. The van der Waals surface area contributed by atoms with Crippen molar-refractivity contribution in [3.8, 4) is 0 Å². The SMILES string of the molecule is Cc1ccc(N2C[C@@H](C(=O)OCc3nc(N)nc(Nc4ccccc4C)n3)CC2=O)cc1. The normalized spacial score (nSPS) is 15.6. The Kier molecular flexibility index (Phi) is 5.98. The predicted molar refractivity (Wildman–Crippen MR) is 120 cm³/mol. The number of amides is 1. The van der Waals surface area contributed by atoms with E-state index in [0.29, 0.717) is 0 Å². The molecule has 3 N–H and O–H groups in total. The molecule has 1 atom stereocenters. The summed E-state index contributed by atoms with van der Waals surface area (Å²) in [5, 5.41) is 3.10. The van der Waals surface area contributed by atoms with E-state index in [1.807, 2.05) is 62.4 Å². The molecule has 32 heavy (non-hydrogen) atoms. The number of nitrogens with one attached hydrogen (secondary N) is 1. The first-order valence-electron chi connectivity index (χ1n) is 10.3. The van der Waals surface area contributed by atoms with E-state index >= 15 is 0 Å². The number of aryl methyl sites for hydroxylation is 2. The summed E-state index contributed by atoms with van der Waals surface area (Å²) < 4.78 is 5.39. The van der Waals surface area contributed by atoms with Gasteiger partial charge < -0.3 is 20.7 Å². The van der Waals surface area contributed by atoms with Crippen LogP contribution in [0.5, 0.6) is 0 Å². The summed E-state index contributed by atoms with van der Waals surface area (Å²) >= 11 is 0. The van der Waals surface area contributed by atoms with Crippen LogP contribution in [-0.2, 0) is 20.9 Å². The van der Waals surface area contributed by atoms with E-state index in [1.54, 1.807) is 4.90 Å². The largest absolute Gasteiger partial charge is 0.457 e. The molecule has 2 aromatic carbocycles. The van der Waals surface area contributed by atoms with Crippen LogP contribution < -0.4 is 16.0 Å². The topological polar surface area (TPSA) is 123 Å². The molecule has 1 saturated heterocycles. The van der Waals surface area contributed by atoms with E-state index in [9.17, 15) is 9.59 Å². The summed E-state index contributed by atoms with van der Waals surface area (Å²) in [6, 6.07) is 15.3. The number of carbonyl (C=O) groups excluding carboxylic acids is 2. The van der Waals surface area contributed by atoms with Gasteiger partial charge >= 0.3 is 5.97 Å². The lowest BCUT2D eigenvalue weighted by molar-refractivity contribution is -0.149. The first-order chi connectivity index (χ1) is 15.4. The van der Waals surface area contributed by atoms with Crippen LogP contribution in [0.3, 0.4) is 0 Å². The van der Waals surface area contributed by atoms with Crippen molar-refractivity contribution in [2.75, 3.05) is 22.5 Å². The molecule has 0 spiro atoms. The zero-order valence-electron chi connectivity index (χ0n) is 17.9. The molecule has 1 amide bonds. The maximum Gasteiger partial charge on any atom is 0.311 e. The molecular formula is C23H24N6O3. The van der Waals surface area contributed by atoms with Crippen LogP contribution in [0.4, 0.5) is 23.3 Å². The van der Waals surface area contributed by atoms with Crippen molar-refractivity contribution in [1.29, 1.82) is 0 Å². The fourth-order valence-electron chi connectivity index (χ4n) is 3.49. The Bertz CT molecular complexity index is 1150. The number of nitrogen functional groups attached to an aromatic ring is 1. The van der Waals surface area contributed by atoms with E-state index in [4.69, 9.17) is 10.5 Å². The van der Waals surface area contributed by atoms with E-state index in [1.165, 1.54) is 0 Å². The summed E-state index contributed by atoms with van der Waals surface area (Å²) in [4.78, 5) is 39.0. The van der Waals surface area contributed by atoms with Gasteiger partial charge in [-0.05, 0) is 37.6 Å². The standard InChI is InChI=1S/C23H24N6O3/c1-14-7-9-17(10-8-14)29-12-16(11-20(29)30)21(31)32-13-19-26-22(24)28-23(27-19)25-18-6-4-3-5-15(18)2/h3-10,16H,11-13H2,1-2H3,(H3,24,25,26,27,28)/t16-/m0/s1.